The lowest BCUT2D eigenvalue weighted by Crippen LogP contribution is -2.67. The van der Waals surface area contributed by atoms with Crippen LogP contribution in [0.15, 0.2) is 36.0 Å². The summed E-state index contributed by atoms with van der Waals surface area (Å²) in [6, 6.07) is 5.70. The monoisotopic (exact) mass is 456 g/mol. The Hall–Kier alpha value is -2.62. The molecule has 1 aliphatic carbocycles. The number of amides is 1. The zero-order valence-electron chi connectivity index (χ0n) is 17.6. The summed E-state index contributed by atoms with van der Waals surface area (Å²) < 4.78 is 43.8. The van der Waals surface area contributed by atoms with Crippen LogP contribution in [0.25, 0.3) is 0 Å². The summed E-state index contributed by atoms with van der Waals surface area (Å²) in [5, 5.41) is 7.12. The van der Waals surface area contributed by atoms with Crippen molar-refractivity contribution in [2.75, 3.05) is 19.7 Å². The number of likely N-dealkylation sites (tertiary alicyclic amines) is 1. The van der Waals surface area contributed by atoms with Crippen LogP contribution in [-0.2, 0) is 14.3 Å². The maximum absolute atomic E-state index is 12.5. The maximum atomic E-state index is 12.5. The van der Waals surface area contributed by atoms with Gasteiger partial charge in [-0.15, -0.1) is 0 Å². The second-order valence-electron chi connectivity index (χ2n) is 8.27. The standard InChI is InChI=1S/C20H26N2O3.C2HF3O2/c23-19(12-16-6-2-1-3-7-16)22-14-20(15-22)13-17(9-11-24-20)25-18-8-4-5-10-21-18;3-2(4,5)1(6)7/h4-6,8,10,17H,1-3,7,9,11-15H2;(H,6,7). The molecular formula is C22H27F3N2O5. The van der Waals surface area contributed by atoms with Crippen LogP contribution in [0.3, 0.4) is 0 Å². The van der Waals surface area contributed by atoms with E-state index >= 15 is 0 Å². The molecule has 2 fully saturated rings. The molecule has 1 unspecified atom stereocenters. The largest absolute Gasteiger partial charge is 0.490 e. The van der Waals surface area contributed by atoms with Crippen molar-refractivity contribution in [2.45, 2.75) is 62.8 Å². The molecule has 7 nitrogen and oxygen atoms in total. The summed E-state index contributed by atoms with van der Waals surface area (Å²) in [6.45, 7) is 2.08. The number of carboxylic acid groups (broad SMARTS) is 1. The molecule has 1 amide bonds. The normalized spacial score (nSPS) is 22.2. The second kappa shape index (κ2) is 10.3. The van der Waals surface area contributed by atoms with E-state index in [4.69, 9.17) is 19.4 Å². The minimum Gasteiger partial charge on any atom is -0.475 e. The number of allylic oxidation sites excluding steroid dienone is 1. The molecule has 3 aliphatic rings. The summed E-state index contributed by atoms with van der Waals surface area (Å²) in [5.74, 6) is -1.84. The number of carbonyl (C=O) groups excluding carboxylic acids is 1. The van der Waals surface area contributed by atoms with E-state index in [0.29, 0.717) is 32.0 Å². The SMILES string of the molecule is O=C(CC1=CCCCC1)N1CC2(CC(Oc3ccccn3)CCO2)C1.O=C(O)C(F)(F)F. The van der Waals surface area contributed by atoms with Crippen molar-refractivity contribution in [2.24, 2.45) is 0 Å². The summed E-state index contributed by atoms with van der Waals surface area (Å²) >= 11 is 0. The quantitative estimate of drug-likeness (QED) is 0.695. The molecule has 10 heteroatoms. The Morgan fingerprint density at radius 2 is 2.03 bits per heavy atom. The van der Waals surface area contributed by atoms with Gasteiger partial charge in [0.1, 0.15) is 11.7 Å². The van der Waals surface area contributed by atoms with E-state index in [0.717, 1.165) is 25.7 Å². The predicted octanol–water partition coefficient (Wildman–Crippen LogP) is 3.74. The van der Waals surface area contributed by atoms with Gasteiger partial charge in [0.15, 0.2) is 0 Å². The van der Waals surface area contributed by atoms with Gasteiger partial charge in [-0.2, -0.15) is 13.2 Å². The van der Waals surface area contributed by atoms with Gasteiger partial charge in [0.25, 0.3) is 0 Å². The number of hydrogen-bond donors (Lipinski definition) is 1. The van der Waals surface area contributed by atoms with Gasteiger partial charge in [-0.05, 0) is 31.7 Å². The minimum absolute atomic E-state index is 0.113. The van der Waals surface area contributed by atoms with Crippen molar-refractivity contribution in [1.82, 2.24) is 9.88 Å². The van der Waals surface area contributed by atoms with Crippen LogP contribution < -0.4 is 4.74 Å². The highest BCUT2D eigenvalue weighted by Gasteiger charge is 2.49. The second-order valence-corrected chi connectivity index (χ2v) is 8.27. The number of ether oxygens (including phenoxy) is 2. The number of aliphatic carboxylic acids is 1. The van der Waals surface area contributed by atoms with Crippen LogP contribution in [-0.4, -0.2) is 64.4 Å². The van der Waals surface area contributed by atoms with Crippen LogP contribution in [0.2, 0.25) is 0 Å². The van der Waals surface area contributed by atoms with Gasteiger partial charge in [-0.1, -0.05) is 17.7 Å². The highest BCUT2D eigenvalue weighted by atomic mass is 19.4. The van der Waals surface area contributed by atoms with Crippen LogP contribution in [0, 0.1) is 0 Å². The number of alkyl halides is 3. The summed E-state index contributed by atoms with van der Waals surface area (Å²) in [4.78, 5) is 27.6. The molecule has 2 aliphatic heterocycles. The Kier molecular flexibility index (Phi) is 7.76. The fourth-order valence-electron chi connectivity index (χ4n) is 4.09. The van der Waals surface area contributed by atoms with Crippen molar-refractivity contribution in [3.05, 3.63) is 36.0 Å². The van der Waals surface area contributed by atoms with E-state index in [9.17, 15) is 18.0 Å². The molecule has 0 radical (unpaired) electrons. The number of halogens is 3. The molecule has 176 valence electrons. The van der Waals surface area contributed by atoms with E-state index in [1.807, 2.05) is 23.1 Å². The third-order valence-electron chi connectivity index (χ3n) is 5.69. The van der Waals surface area contributed by atoms with Crippen molar-refractivity contribution < 1.29 is 37.3 Å². The first-order chi connectivity index (χ1) is 15.2. The van der Waals surface area contributed by atoms with E-state index in [-0.39, 0.29) is 17.6 Å². The maximum Gasteiger partial charge on any atom is 0.490 e. The Morgan fingerprint density at radius 3 is 2.62 bits per heavy atom. The lowest BCUT2D eigenvalue weighted by atomic mass is 9.84. The summed E-state index contributed by atoms with van der Waals surface area (Å²) in [6.07, 6.45) is 6.01. The number of rotatable bonds is 4. The molecule has 0 bridgehead atoms. The molecular weight excluding hydrogens is 429 g/mol. The number of aromatic nitrogens is 1. The highest BCUT2D eigenvalue weighted by molar-refractivity contribution is 5.80. The van der Waals surface area contributed by atoms with Crippen molar-refractivity contribution in [1.29, 1.82) is 0 Å². The lowest BCUT2D eigenvalue weighted by molar-refractivity contribution is -0.193. The average molecular weight is 456 g/mol. The average Bonchev–Trinajstić information content (AvgIpc) is 2.73. The van der Waals surface area contributed by atoms with Gasteiger partial charge in [-0.3, -0.25) is 4.79 Å². The van der Waals surface area contributed by atoms with Gasteiger partial charge in [0.05, 0.1) is 19.7 Å². The first kappa shape index (κ1) is 24.0. The van der Waals surface area contributed by atoms with Crippen molar-refractivity contribution in [3.8, 4) is 5.88 Å². The van der Waals surface area contributed by atoms with Gasteiger partial charge >= 0.3 is 12.1 Å². The summed E-state index contributed by atoms with van der Waals surface area (Å²) in [5.41, 5.74) is 1.10. The van der Waals surface area contributed by atoms with Gasteiger partial charge < -0.3 is 19.5 Å². The van der Waals surface area contributed by atoms with Gasteiger partial charge in [0, 0.05) is 31.5 Å². The fraction of sp³-hybridized carbons (Fsp3) is 0.591. The fourth-order valence-corrected chi connectivity index (χ4v) is 4.09. The smallest absolute Gasteiger partial charge is 0.475 e. The van der Waals surface area contributed by atoms with Gasteiger partial charge in [0.2, 0.25) is 11.8 Å². The molecule has 1 spiro atoms. The Morgan fingerprint density at radius 1 is 1.28 bits per heavy atom. The van der Waals surface area contributed by atoms with Crippen molar-refractivity contribution >= 4 is 11.9 Å². The van der Waals surface area contributed by atoms with Crippen LogP contribution >= 0.6 is 0 Å². The van der Waals surface area contributed by atoms with E-state index in [1.54, 1.807) is 6.20 Å². The zero-order valence-corrected chi connectivity index (χ0v) is 17.6. The summed E-state index contributed by atoms with van der Waals surface area (Å²) in [7, 11) is 0. The molecule has 2 saturated heterocycles. The first-order valence-electron chi connectivity index (χ1n) is 10.6. The number of hydrogen-bond acceptors (Lipinski definition) is 5. The number of pyridine rings is 1. The molecule has 1 N–H and O–H groups in total. The zero-order chi connectivity index (χ0) is 23.2. The molecule has 0 saturated carbocycles. The van der Waals surface area contributed by atoms with Crippen LogP contribution in [0.4, 0.5) is 13.2 Å². The third kappa shape index (κ3) is 6.69. The third-order valence-corrected chi connectivity index (χ3v) is 5.69. The van der Waals surface area contributed by atoms with Crippen LogP contribution in [0.5, 0.6) is 5.88 Å². The van der Waals surface area contributed by atoms with E-state index in [2.05, 4.69) is 11.1 Å². The predicted molar refractivity (Wildman–Crippen MR) is 108 cm³/mol. The molecule has 0 aromatic carbocycles. The molecule has 32 heavy (non-hydrogen) atoms. The molecule has 1 aromatic heterocycles. The van der Waals surface area contributed by atoms with Crippen molar-refractivity contribution in [3.63, 3.8) is 0 Å². The molecule has 4 rings (SSSR count). The highest BCUT2D eigenvalue weighted by Crippen LogP contribution is 2.36. The Bertz CT molecular complexity index is 823. The van der Waals surface area contributed by atoms with E-state index in [1.165, 1.54) is 18.4 Å². The molecule has 1 atom stereocenters. The van der Waals surface area contributed by atoms with Crippen LogP contribution in [0.1, 0.15) is 44.9 Å². The Labute approximate surface area is 184 Å². The lowest BCUT2D eigenvalue weighted by Gasteiger charge is -2.53. The number of carboxylic acids is 1. The molecule has 3 heterocycles. The molecule has 1 aromatic rings. The topological polar surface area (TPSA) is 89.0 Å². The number of nitrogens with zero attached hydrogens (tertiary/aromatic N) is 2. The number of carbonyl (C=O) groups is 2. The first-order valence-corrected chi connectivity index (χ1v) is 10.6. The van der Waals surface area contributed by atoms with E-state index < -0.39 is 12.1 Å². The minimum atomic E-state index is -5.08. The van der Waals surface area contributed by atoms with Gasteiger partial charge in [-0.25, -0.2) is 9.78 Å². The Balaban J connectivity index is 0.000000360.